The van der Waals surface area contributed by atoms with Crippen molar-refractivity contribution in [3.8, 4) is 0 Å². The van der Waals surface area contributed by atoms with Gasteiger partial charge in [-0.25, -0.2) is 4.79 Å². The van der Waals surface area contributed by atoms with Crippen molar-refractivity contribution in [1.29, 1.82) is 0 Å². The fraction of sp³-hybridized carbons (Fsp3) is 0.429. The lowest BCUT2D eigenvalue weighted by molar-refractivity contribution is -0.118. The fourth-order valence-electron chi connectivity index (χ4n) is 3.22. The Hall–Kier alpha value is -1.11. The van der Waals surface area contributed by atoms with Crippen molar-refractivity contribution in [2.75, 3.05) is 5.32 Å². The van der Waals surface area contributed by atoms with Crippen molar-refractivity contribution in [3.05, 3.63) is 27.3 Å². The van der Waals surface area contributed by atoms with E-state index in [0.717, 1.165) is 16.4 Å². The largest absolute Gasteiger partial charge is 0.478 e. The summed E-state index contributed by atoms with van der Waals surface area (Å²) < 4.78 is 0.809. The van der Waals surface area contributed by atoms with Crippen LogP contribution < -0.4 is 5.32 Å². The minimum Gasteiger partial charge on any atom is -0.478 e. The summed E-state index contributed by atoms with van der Waals surface area (Å²) >= 11 is 2.06. The first-order valence-corrected chi connectivity index (χ1v) is 7.49. The Kier molecular flexibility index (Phi) is 3.24. The number of rotatable bonds is 3. The molecular weight excluding hydrogens is 357 g/mol. The van der Waals surface area contributed by atoms with Gasteiger partial charge in [-0.3, -0.25) is 4.79 Å². The Balaban J connectivity index is 1.73. The first kappa shape index (κ1) is 12.9. The molecule has 0 bridgehead atoms. The van der Waals surface area contributed by atoms with Crippen LogP contribution in [0.2, 0.25) is 0 Å². The quantitative estimate of drug-likeness (QED) is 0.803. The van der Waals surface area contributed by atoms with E-state index < -0.39 is 5.97 Å². The Bertz CT molecular complexity index is 548. The zero-order valence-electron chi connectivity index (χ0n) is 10.2. The van der Waals surface area contributed by atoms with Gasteiger partial charge in [0.05, 0.1) is 5.56 Å². The monoisotopic (exact) mass is 371 g/mol. The van der Waals surface area contributed by atoms with Crippen LogP contribution in [-0.2, 0) is 4.79 Å². The summed E-state index contributed by atoms with van der Waals surface area (Å²) in [5.74, 6) is 0.369. The van der Waals surface area contributed by atoms with Crippen LogP contribution in [0.15, 0.2) is 18.2 Å². The highest BCUT2D eigenvalue weighted by Crippen LogP contribution is 2.57. The van der Waals surface area contributed by atoms with E-state index in [0.29, 0.717) is 17.5 Å². The third-order valence-corrected chi connectivity index (χ3v) is 4.74. The van der Waals surface area contributed by atoms with Crippen LogP contribution in [0.5, 0.6) is 0 Å². The zero-order valence-corrected chi connectivity index (χ0v) is 12.4. The van der Waals surface area contributed by atoms with E-state index in [4.69, 9.17) is 5.11 Å². The number of nitrogens with one attached hydrogen (secondary N) is 1. The van der Waals surface area contributed by atoms with Gasteiger partial charge < -0.3 is 10.4 Å². The number of carbonyl (C=O) groups is 2. The van der Waals surface area contributed by atoms with E-state index in [1.54, 1.807) is 12.1 Å². The van der Waals surface area contributed by atoms with Gasteiger partial charge in [-0.05, 0) is 65.5 Å². The summed E-state index contributed by atoms with van der Waals surface area (Å²) in [5, 5.41) is 11.9. The third-order valence-electron chi connectivity index (χ3n) is 4.12. The lowest BCUT2D eigenvalue weighted by Crippen LogP contribution is -2.17. The number of amides is 1. The Morgan fingerprint density at radius 3 is 2.53 bits per heavy atom. The maximum Gasteiger partial charge on any atom is 0.335 e. The van der Waals surface area contributed by atoms with Crippen molar-refractivity contribution in [2.24, 2.45) is 17.8 Å². The summed E-state index contributed by atoms with van der Waals surface area (Å²) in [6.45, 7) is 0. The van der Waals surface area contributed by atoms with Crippen molar-refractivity contribution in [1.82, 2.24) is 0 Å². The molecule has 3 rings (SSSR count). The van der Waals surface area contributed by atoms with Gasteiger partial charge >= 0.3 is 5.97 Å². The molecular formula is C14H14INO3. The number of halogens is 1. The van der Waals surface area contributed by atoms with Gasteiger partial charge in [0.1, 0.15) is 0 Å². The summed E-state index contributed by atoms with van der Waals surface area (Å²) in [6, 6.07) is 4.90. The molecule has 1 aromatic rings. The van der Waals surface area contributed by atoms with Gasteiger partial charge in [0.2, 0.25) is 5.91 Å². The molecule has 0 aliphatic heterocycles. The van der Waals surface area contributed by atoms with Gasteiger partial charge in [0.25, 0.3) is 0 Å². The summed E-state index contributed by atoms with van der Waals surface area (Å²) in [7, 11) is 0. The Morgan fingerprint density at radius 1 is 1.21 bits per heavy atom. The number of aromatic carboxylic acids is 1. The molecule has 2 atom stereocenters. The van der Waals surface area contributed by atoms with E-state index >= 15 is 0 Å². The maximum atomic E-state index is 12.1. The zero-order chi connectivity index (χ0) is 13.6. The second-order valence-corrected chi connectivity index (χ2v) is 6.55. The summed E-state index contributed by atoms with van der Waals surface area (Å²) in [6.07, 6.45) is 3.57. The fourth-order valence-corrected chi connectivity index (χ4v) is 3.89. The van der Waals surface area contributed by atoms with Gasteiger partial charge in [-0.15, -0.1) is 0 Å². The SMILES string of the molecule is O=C(O)c1cc(I)cc(NC(=O)C2C3CCCC32)c1. The van der Waals surface area contributed by atoms with Crippen molar-refractivity contribution < 1.29 is 14.7 Å². The lowest BCUT2D eigenvalue weighted by atomic mass is 10.1. The molecule has 0 spiro atoms. The van der Waals surface area contributed by atoms with Crippen molar-refractivity contribution in [2.45, 2.75) is 19.3 Å². The molecule has 0 saturated heterocycles. The molecule has 19 heavy (non-hydrogen) atoms. The van der Waals surface area contributed by atoms with Gasteiger partial charge in [-0.2, -0.15) is 0 Å². The molecule has 2 N–H and O–H groups in total. The number of carboxylic acids is 1. The molecule has 1 aromatic carbocycles. The van der Waals surface area contributed by atoms with E-state index in [1.807, 2.05) is 0 Å². The predicted molar refractivity (Wildman–Crippen MR) is 79.1 cm³/mol. The minimum atomic E-state index is -0.975. The average Bonchev–Trinajstić information content (AvgIpc) is 2.83. The highest BCUT2D eigenvalue weighted by Gasteiger charge is 2.56. The number of hydrogen-bond acceptors (Lipinski definition) is 2. The number of carboxylic acid groups (broad SMARTS) is 1. The summed E-state index contributed by atoms with van der Waals surface area (Å²) in [5.41, 5.74) is 0.789. The third kappa shape index (κ3) is 2.48. The topological polar surface area (TPSA) is 66.4 Å². The van der Waals surface area contributed by atoms with Crippen LogP contribution in [0.25, 0.3) is 0 Å². The minimum absolute atomic E-state index is 0.0491. The van der Waals surface area contributed by atoms with Gasteiger partial charge in [0.15, 0.2) is 0 Å². The lowest BCUT2D eigenvalue weighted by Gasteiger charge is -2.08. The second kappa shape index (κ2) is 4.77. The Morgan fingerprint density at radius 2 is 1.89 bits per heavy atom. The molecule has 1 amide bonds. The standard InChI is InChI=1S/C14H14INO3/c15-8-4-7(14(18)19)5-9(6-8)16-13(17)12-10-2-1-3-11(10)12/h4-6,10-12H,1-3H2,(H,16,17)(H,18,19). The van der Waals surface area contributed by atoms with Crippen molar-refractivity contribution >= 4 is 40.2 Å². The molecule has 2 fully saturated rings. The number of benzene rings is 1. The number of hydrogen-bond donors (Lipinski definition) is 2. The molecule has 2 saturated carbocycles. The van der Waals surface area contributed by atoms with Gasteiger partial charge in [0, 0.05) is 15.2 Å². The van der Waals surface area contributed by atoms with E-state index in [-0.39, 0.29) is 17.4 Å². The van der Waals surface area contributed by atoms with E-state index in [2.05, 4.69) is 27.9 Å². The normalized spacial score (nSPS) is 27.7. The molecule has 0 heterocycles. The number of anilines is 1. The highest BCUT2D eigenvalue weighted by molar-refractivity contribution is 14.1. The maximum absolute atomic E-state index is 12.1. The van der Waals surface area contributed by atoms with Crippen LogP contribution in [-0.4, -0.2) is 17.0 Å². The first-order chi connectivity index (χ1) is 9.06. The van der Waals surface area contributed by atoms with Crippen LogP contribution in [0, 0.1) is 21.3 Å². The molecule has 2 unspecified atom stereocenters. The average molecular weight is 371 g/mol. The number of fused-ring (bicyclic) bond motifs is 1. The second-order valence-electron chi connectivity index (χ2n) is 5.31. The van der Waals surface area contributed by atoms with Crippen molar-refractivity contribution in [3.63, 3.8) is 0 Å². The van der Waals surface area contributed by atoms with Crippen LogP contribution in [0.4, 0.5) is 5.69 Å². The van der Waals surface area contributed by atoms with Crippen LogP contribution in [0.1, 0.15) is 29.6 Å². The molecule has 2 aliphatic carbocycles. The van der Waals surface area contributed by atoms with Gasteiger partial charge in [-0.1, -0.05) is 6.42 Å². The molecule has 5 heteroatoms. The first-order valence-electron chi connectivity index (χ1n) is 6.41. The molecule has 2 aliphatic rings. The predicted octanol–water partition coefficient (Wildman–Crippen LogP) is 2.97. The van der Waals surface area contributed by atoms with E-state index in [9.17, 15) is 9.59 Å². The smallest absolute Gasteiger partial charge is 0.335 e. The number of carbonyl (C=O) groups excluding carboxylic acids is 1. The van der Waals surface area contributed by atoms with Crippen LogP contribution >= 0.6 is 22.6 Å². The molecule has 4 nitrogen and oxygen atoms in total. The highest BCUT2D eigenvalue weighted by atomic mass is 127. The summed E-state index contributed by atoms with van der Waals surface area (Å²) in [4.78, 5) is 23.1. The molecule has 0 aromatic heterocycles. The van der Waals surface area contributed by atoms with E-state index in [1.165, 1.54) is 12.5 Å². The Labute approximate surface area is 124 Å². The molecule has 0 radical (unpaired) electrons. The molecule has 100 valence electrons. The van der Waals surface area contributed by atoms with Crippen LogP contribution in [0.3, 0.4) is 0 Å².